The van der Waals surface area contributed by atoms with Gasteiger partial charge in [-0.1, -0.05) is 42.0 Å². The molecule has 0 aromatic heterocycles. The van der Waals surface area contributed by atoms with Crippen LogP contribution < -0.4 is 29.6 Å². The summed E-state index contributed by atoms with van der Waals surface area (Å²) < 4.78 is 28.2. The number of hydrogen-bond acceptors (Lipinski definition) is 3. The summed E-state index contributed by atoms with van der Waals surface area (Å²) >= 11 is 0. The standard InChI is InChI=1S/C15H15NO3S.Na/c1-11-7-9-13(10-8-11)20(18,19)16-15-6-4-3-5-14(15)12(2)17;/h3-10H,1-2H3,(H,16,17);/q;+1/p-1. The number of carbonyl (C=O) groups excluding carboxylic acids is 1. The molecule has 2 rings (SSSR count). The Bertz CT molecular complexity index is 740. The third kappa shape index (κ3) is 4.41. The van der Waals surface area contributed by atoms with Crippen LogP contribution in [0.3, 0.4) is 0 Å². The number of ketones is 1. The van der Waals surface area contributed by atoms with Gasteiger partial charge in [0.1, 0.15) is 10.0 Å². The van der Waals surface area contributed by atoms with E-state index in [0.717, 1.165) is 5.56 Å². The van der Waals surface area contributed by atoms with Gasteiger partial charge >= 0.3 is 29.6 Å². The van der Waals surface area contributed by atoms with Gasteiger partial charge in [0, 0.05) is 5.56 Å². The van der Waals surface area contributed by atoms with Gasteiger partial charge in [0.05, 0.1) is 4.90 Å². The summed E-state index contributed by atoms with van der Waals surface area (Å²) in [7, 11) is -3.81. The van der Waals surface area contributed by atoms with Gasteiger partial charge in [0.15, 0.2) is 5.78 Å². The van der Waals surface area contributed by atoms with E-state index in [2.05, 4.69) is 4.72 Å². The van der Waals surface area contributed by atoms with Crippen LogP contribution in [0.5, 0.6) is 0 Å². The monoisotopic (exact) mass is 311 g/mol. The van der Waals surface area contributed by atoms with E-state index in [4.69, 9.17) is 0 Å². The molecular weight excluding hydrogens is 297 g/mol. The first kappa shape index (κ1) is 17.9. The number of carbonyl (C=O) groups is 1. The maximum atomic E-state index is 12.2. The predicted molar refractivity (Wildman–Crippen MR) is 77.8 cm³/mol. The summed E-state index contributed by atoms with van der Waals surface area (Å²) in [6.45, 7) is 3.26. The van der Waals surface area contributed by atoms with Crippen molar-refractivity contribution in [2.24, 2.45) is 0 Å². The van der Waals surface area contributed by atoms with Crippen molar-refractivity contribution in [3.8, 4) is 0 Å². The smallest absolute Gasteiger partial charge is 0.572 e. The Hall–Kier alpha value is -1.14. The summed E-state index contributed by atoms with van der Waals surface area (Å²) in [6, 6.07) is 12.8. The molecular formula is C15H14NNaO3S. The van der Waals surface area contributed by atoms with Crippen molar-refractivity contribution >= 4 is 21.5 Å². The fourth-order valence-electron chi connectivity index (χ4n) is 1.74. The van der Waals surface area contributed by atoms with Crippen molar-refractivity contribution in [2.75, 3.05) is 0 Å². The van der Waals surface area contributed by atoms with Gasteiger partial charge < -0.3 is 4.72 Å². The summed E-state index contributed by atoms with van der Waals surface area (Å²) in [5.41, 5.74) is 1.43. The van der Waals surface area contributed by atoms with E-state index in [1.54, 1.807) is 30.3 Å². The van der Waals surface area contributed by atoms with E-state index < -0.39 is 10.0 Å². The summed E-state index contributed by atoms with van der Waals surface area (Å²) in [6.07, 6.45) is 0. The number of Topliss-reactive ketones (excluding diaryl/α,β-unsaturated/α-hetero) is 1. The molecule has 0 bridgehead atoms. The van der Waals surface area contributed by atoms with Gasteiger partial charge in [-0.05, 0) is 26.0 Å². The van der Waals surface area contributed by atoms with Gasteiger partial charge in [-0.15, -0.1) is 5.69 Å². The molecule has 0 aliphatic carbocycles. The molecule has 0 saturated heterocycles. The van der Waals surface area contributed by atoms with E-state index in [1.165, 1.54) is 25.1 Å². The number of aryl methyl sites for hydroxylation is 1. The molecule has 2 aromatic carbocycles. The Morgan fingerprint density at radius 2 is 1.57 bits per heavy atom. The first-order valence-corrected chi connectivity index (χ1v) is 7.49. The van der Waals surface area contributed by atoms with Crippen LogP contribution in [0.15, 0.2) is 53.4 Å². The third-order valence-corrected chi connectivity index (χ3v) is 4.13. The second-order valence-electron chi connectivity index (χ2n) is 4.45. The maximum Gasteiger partial charge on any atom is 1.00 e. The molecule has 0 amide bonds. The quantitative estimate of drug-likeness (QED) is 0.613. The van der Waals surface area contributed by atoms with Crippen LogP contribution in [-0.2, 0) is 10.0 Å². The zero-order valence-corrected chi connectivity index (χ0v) is 15.0. The minimum atomic E-state index is -3.81. The van der Waals surface area contributed by atoms with Crippen LogP contribution in [0.25, 0.3) is 4.72 Å². The molecule has 0 saturated carbocycles. The first-order valence-electron chi connectivity index (χ1n) is 6.05. The van der Waals surface area contributed by atoms with Crippen LogP contribution >= 0.6 is 0 Å². The largest absolute Gasteiger partial charge is 1.00 e. The van der Waals surface area contributed by atoms with Crippen LogP contribution in [0, 0.1) is 6.92 Å². The van der Waals surface area contributed by atoms with Gasteiger partial charge in [-0.3, -0.25) is 4.79 Å². The van der Waals surface area contributed by atoms with Crippen molar-refractivity contribution in [3.63, 3.8) is 0 Å². The summed E-state index contributed by atoms with van der Waals surface area (Å²) in [4.78, 5) is 11.6. The minimum absolute atomic E-state index is 0. The Kier molecular flexibility index (Phi) is 6.16. The van der Waals surface area contributed by atoms with Crippen molar-refractivity contribution in [1.29, 1.82) is 0 Å². The van der Waals surface area contributed by atoms with Crippen molar-refractivity contribution < 1.29 is 42.8 Å². The normalized spacial score (nSPS) is 10.6. The fourth-order valence-corrected chi connectivity index (χ4v) is 2.75. The van der Waals surface area contributed by atoms with Crippen molar-refractivity contribution in [2.45, 2.75) is 18.7 Å². The van der Waals surface area contributed by atoms with Gasteiger partial charge in [0.2, 0.25) is 0 Å². The second-order valence-corrected chi connectivity index (χ2v) is 6.06. The molecule has 6 heteroatoms. The van der Waals surface area contributed by atoms with E-state index in [-0.39, 0.29) is 45.9 Å². The van der Waals surface area contributed by atoms with Crippen molar-refractivity contribution in [3.05, 3.63) is 64.4 Å². The van der Waals surface area contributed by atoms with Crippen molar-refractivity contribution in [1.82, 2.24) is 0 Å². The topological polar surface area (TPSA) is 65.3 Å². The number of hydrogen-bond donors (Lipinski definition) is 0. The van der Waals surface area contributed by atoms with Crippen LogP contribution in [-0.4, -0.2) is 14.2 Å². The Balaban J connectivity index is 0.00000220. The molecule has 0 aliphatic rings. The average molecular weight is 311 g/mol. The molecule has 104 valence electrons. The summed E-state index contributed by atoms with van der Waals surface area (Å²) in [5, 5.41) is 0. The molecule has 0 N–H and O–H groups in total. The third-order valence-electron chi connectivity index (χ3n) is 2.82. The van der Waals surface area contributed by atoms with Crippen LogP contribution in [0.2, 0.25) is 0 Å². The molecule has 0 fully saturated rings. The van der Waals surface area contributed by atoms with Crippen LogP contribution in [0.1, 0.15) is 22.8 Å². The fraction of sp³-hybridized carbons (Fsp3) is 0.133. The maximum absolute atomic E-state index is 12.2. The van der Waals surface area contributed by atoms with E-state index in [9.17, 15) is 13.2 Å². The zero-order chi connectivity index (χ0) is 14.8. The van der Waals surface area contributed by atoms with Gasteiger partial charge in [-0.2, -0.15) is 0 Å². The Morgan fingerprint density at radius 3 is 2.14 bits per heavy atom. The Morgan fingerprint density at radius 1 is 1.00 bits per heavy atom. The zero-order valence-electron chi connectivity index (χ0n) is 12.2. The molecule has 0 atom stereocenters. The van der Waals surface area contributed by atoms with Gasteiger partial charge in [-0.25, -0.2) is 8.42 Å². The molecule has 21 heavy (non-hydrogen) atoms. The van der Waals surface area contributed by atoms with E-state index >= 15 is 0 Å². The number of sulfonamides is 1. The number of nitrogens with zero attached hydrogens (tertiary/aromatic N) is 1. The summed E-state index contributed by atoms with van der Waals surface area (Å²) in [5.74, 6) is -0.219. The molecule has 0 aliphatic heterocycles. The molecule has 0 radical (unpaired) electrons. The molecule has 0 heterocycles. The van der Waals surface area contributed by atoms with E-state index in [1.807, 2.05) is 6.92 Å². The number of benzene rings is 2. The van der Waals surface area contributed by atoms with Crippen LogP contribution in [0.4, 0.5) is 5.69 Å². The molecule has 0 unspecified atom stereocenters. The predicted octanol–water partition coefficient (Wildman–Crippen LogP) is 0.596. The Labute approximate surface area is 146 Å². The number of rotatable bonds is 4. The van der Waals surface area contributed by atoms with Gasteiger partial charge in [0.25, 0.3) is 0 Å². The molecule has 4 nitrogen and oxygen atoms in total. The minimum Gasteiger partial charge on any atom is -0.572 e. The molecule has 0 spiro atoms. The average Bonchev–Trinajstić information content (AvgIpc) is 2.39. The first-order chi connectivity index (χ1) is 9.40. The van der Waals surface area contributed by atoms with E-state index in [0.29, 0.717) is 5.56 Å². The SMILES string of the molecule is CC(=O)c1ccccc1[N-]S(=O)(=O)c1ccc(C)cc1.[Na+]. The second kappa shape index (κ2) is 7.22. The molecule has 2 aromatic rings.